The van der Waals surface area contributed by atoms with Crippen molar-refractivity contribution in [2.45, 2.75) is 40.0 Å². The maximum absolute atomic E-state index is 12.9. The first kappa shape index (κ1) is 19.4. The van der Waals surface area contributed by atoms with Gasteiger partial charge in [-0.2, -0.15) is 5.26 Å². The Labute approximate surface area is 174 Å². The molecule has 0 fully saturated rings. The average molecular weight is 405 g/mol. The molecule has 4 rings (SSSR count). The summed E-state index contributed by atoms with van der Waals surface area (Å²) < 4.78 is 0. The van der Waals surface area contributed by atoms with Crippen molar-refractivity contribution in [3.05, 3.63) is 52.0 Å². The SMILES string of the molecule is CC(C)(C)C1CCc2nc3sc(C(=O)Nc4ccccc4C#N)c(N)c3cc2C1. The first-order valence-corrected chi connectivity index (χ1v) is 10.6. The molecule has 0 saturated heterocycles. The van der Waals surface area contributed by atoms with Gasteiger partial charge in [-0.1, -0.05) is 32.9 Å². The second-order valence-corrected chi connectivity index (χ2v) is 9.71. The largest absolute Gasteiger partial charge is 0.397 e. The molecular formula is C23H24N4OS. The molecule has 0 aliphatic heterocycles. The minimum absolute atomic E-state index is 0.256. The first-order chi connectivity index (χ1) is 13.8. The van der Waals surface area contributed by atoms with Crippen LogP contribution in [-0.2, 0) is 12.8 Å². The van der Waals surface area contributed by atoms with Gasteiger partial charge in [0.2, 0.25) is 0 Å². The van der Waals surface area contributed by atoms with Crippen LogP contribution in [0.4, 0.5) is 11.4 Å². The number of rotatable bonds is 2. The molecule has 1 unspecified atom stereocenters. The summed E-state index contributed by atoms with van der Waals surface area (Å²) in [5.41, 5.74) is 10.4. The van der Waals surface area contributed by atoms with Crippen LogP contribution in [0.2, 0.25) is 0 Å². The Morgan fingerprint density at radius 2 is 2.10 bits per heavy atom. The Balaban J connectivity index is 1.68. The summed E-state index contributed by atoms with van der Waals surface area (Å²) in [7, 11) is 0. The predicted molar refractivity (Wildman–Crippen MR) is 118 cm³/mol. The number of carbonyl (C=O) groups excluding carboxylic acids is 1. The Bertz CT molecular complexity index is 1150. The number of nitrogens with two attached hydrogens (primary N) is 1. The maximum atomic E-state index is 12.9. The molecule has 1 aliphatic carbocycles. The Morgan fingerprint density at radius 3 is 2.83 bits per heavy atom. The number of hydrogen-bond acceptors (Lipinski definition) is 5. The molecule has 29 heavy (non-hydrogen) atoms. The molecule has 3 N–H and O–H groups in total. The van der Waals surface area contributed by atoms with Gasteiger partial charge in [0.1, 0.15) is 15.8 Å². The summed E-state index contributed by atoms with van der Waals surface area (Å²) in [5.74, 6) is 0.304. The summed E-state index contributed by atoms with van der Waals surface area (Å²) in [5, 5.41) is 12.9. The number of para-hydroxylation sites is 1. The second-order valence-electron chi connectivity index (χ2n) is 8.71. The molecule has 0 radical (unpaired) electrons. The molecule has 148 valence electrons. The zero-order valence-electron chi connectivity index (χ0n) is 16.9. The van der Waals surface area contributed by atoms with E-state index >= 15 is 0 Å². The highest BCUT2D eigenvalue weighted by atomic mass is 32.1. The highest BCUT2D eigenvalue weighted by molar-refractivity contribution is 7.21. The fourth-order valence-corrected chi connectivity index (χ4v) is 4.96. The van der Waals surface area contributed by atoms with Crippen molar-refractivity contribution in [3.8, 4) is 6.07 Å². The van der Waals surface area contributed by atoms with Crippen molar-refractivity contribution in [1.29, 1.82) is 5.26 Å². The van der Waals surface area contributed by atoms with Crippen LogP contribution in [0.15, 0.2) is 30.3 Å². The van der Waals surface area contributed by atoms with Crippen molar-refractivity contribution in [1.82, 2.24) is 4.98 Å². The van der Waals surface area contributed by atoms with E-state index in [1.807, 2.05) is 0 Å². The van der Waals surface area contributed by atoms with E-state index in [4.69, 9.17) is 10.7 Å². The van der Waals surface area contributed by atoms with E-state index in [2.05, 4.69) is 38.2 Å². The van der Waals surface area contributed by atoms with E-state index in [0.717, 1.165) is 35.2 Å². The predicted octanol–water partition coefficient (Wildman–Crippen LogP) is 5.15. The topological polar surface area (TPSA) is 91.8 Å². The fourth-order valence-electron chi connectivity index (χ4n) is 3.97. The molecule has 2 heterocycles. The number of benzene rings is 1. The minimum Gasteiger partial charge on any atom is -0.397 e. The molecular weight excluding hydrogens is 380 g/mol. The molecule has 0 bridgehead atoms. The van der Waals surface area contributed by atoms with Crippen molar-refractivity contribution in [2.75, 3.05) is 11.1 Å². The van der Waals surface area contributed by atoms with E-state index in [-0.39, 0.29) is 11.3 Å². The lowest BCUT2D eigenvalue weighted by molar-refractivity contribution is 0.103. The molecule has 1 atom stereocenters. The quantitative estimate of drug-likeness (QED) is 0.617. The van der Waals surface area contributed by atoms with Gasteiger partial charge >= 0.3 is 0 Å². The smallest absolute Gasteiger partial charge is 0.267 e. The van der Waals surface area contributed by atoms with Gasteiger partial charge in [-0.3, -0.25) is 4.79 Å². The van der Waals surface area contributed by atoms with Gasteiger partial charge in [0, 0.05) is 11.1 Å². The molecule has 3 aromatic rings. The highest BCUT2D eigenvalue weighted by Gasteiger charge is 2.30. The lowest BCUT2D eigenvalue weighted by Gasteiger charge is -2.34. The zero-order chi connectivity index (χ0) is 20.8. The molecule has 2 aromatic heterocycles. The van der Waals surface area contributed by atoms with Gasteiger partial charge in [-0.05, 0) is 54.4 Å². The van der Waals surface area contributed by atoms with Crippen LogP contribution in [0.25, 0.3) is 10.2 Å². The third kappa shape index (κ3) is 3.58. The summed E-state index contributed by atoms with van der Waals surface area (Å²) in [4.78, 5) is 18.9. The minimum atomic E-state index is -0.307. The molecule has 1 aromatic carbocycles. The average Bonchev–Trinajstić information content (AvgIpc) is 3.01. The second kappa shape index (κ2) is 7.16. The van der Waals surface area contributed by atoms with Crippen LogP contribution in [-0.4, -0.2) is 10.9 Å². The van der Waals surface area contributed by atoms with Gasteiger partial charge in [0.05, 0.1) is 16.9 Å². The number of nitriles is 1. The lowest BCUT2D eigenvalue weighted by atomic mass is 9.71. The van der Waals surface area contributed by atoms with Crippen LogP contribution in [0, 0.1) is 22.7 Å². The van der Waals surface area contributed by atoms with E-state index < -0.39 is 0 Å². The number of nitrogens with zero attached hydrogens (tertiary/aromatic N) is 2. The first-order valence-electron chi connectivity index (χ1n) is 9.79. The van der Waals surface area contributed by atoms with Gasteiger partial charge in [-0.25, -0.2) is 4.98 Å². The lowest BCUT2D eigenvalue weighted by Crippen LogP contribution is -2.27. The number of fused-ring (bicyclic) bond motifs is 2. The number of nitrogen functional groups attached to an aromatic ring is 1. The number of carbonyl (C=O) groups is 1. The van der Waals surface area contributed by atoms with E-state index in [1.54, 1.807) is 24.3 Å². The van der Waals surface area contributed by atoms with Gasteiger partial charge in [0.25, 0.3) is 5.91 Å². The number of aryl methyl sites for hydroxylation is 1. The third-order valence-electron chi connectivity index (χ3n) is 5.81. The maximum Gasteiger partial charge on any atom is 0.267 e. The van der Waals surface area contributed by atoms with Crippen molar-refractivity contribution in [3.63, 3.8) is 0 Å². The highest BCUT2D eigenvalue weighted by Crippen LogP contribution is 2.40. The summed E-state index contributed by atoms with van der Waals surface area (Å²) in [6.07, 6.45) is 3.09. The Morgan fingerprint density at radius 1 is 1.34 bits per heavy atom. The van der Waals surface area contributed by atoms with E-state index in [9.17, 15) is 10.1 Å². The van der Waals surface area contributed by atoms with Crippen LogP contribution in [0.3, 0.4) is 0 Å². The van der Waals surface area contributed by atoms with Crippen LogP contribution in [0.1, 0.15) is 53.7 Å². The number of anilines is 2. The normalized spacial score (nSPS) is 16.3. The molecule has 1 aliphatic rings. The van der Waals surface area contributed by atoms with Crippen molar-refractivity contribution < 1.29 is 4.79 Å². The van der Waals surface area contributed by atoms with E-state index in [0.29, 0.717) is 27.7 Å². The Kier molecular flexibility index (Phi) is 4.79. The van der Waals surface area contributed by atoms with Crippen molar-refractivity contribution in [2.24, 2.45) is 11.3 Å². The summed E-state index contributed by atoms with van der Waals surface area (Å²) in [6.45, 7) is 6.86. The number of nitrogens with one attached hydrogen (secondary N) is 1. The van der Waals surface area contributed by atoms with Gasteiger partial charge in [-0.15, -0.1) is 11.3 Å². The van der Waals surface area contributed by atoms with Crippen molar-refractivity contribution >= 4 is 38.8 Å². The molecule has 0 spiro atoms. The van der Waals surface area contributed by atoms with E-state index in [1.165, 1.54) is 16.9 Å². The Hall–Kier alpha value is -2.91. The van der Waals surface area contributed by atoms with Gasteiger partial charge in [0.15, 0.2) is 0 Å². The van der Waals surface area contributed by atoms with Gasteiger partial charge < -0.3 is 11.1 Å². The fraction of sp³-hybridized carbons (Fsp3) is 0.348. The number of amides is 1. The molecule has 5 nitrogen and oxygen atoms in total. The number of thiophene rings is 1. The third-order valence-corrected chi connectivity index (χ3v) is 6.93. The van der Waals surface area contributed by atoms with Crippen LogP contribution in [0.5, 0.6) is 0 Å². The molecule has 0 saturated carbocycles. The summed E-state index contributed by atoms with van der Waals surface area (Å²) >= 11 is 1.31. The standard InChI is InChI=1S/C23H24N4OS/c1-23(2,3)15-8-9-18-14(10-15)11-16-19(25)20(29-22(16)27-18)21(28)26-17-7-5-4-6-13(17)12-24/h4-7,11,15H,8-10,25H2,1-3H3,(H,26,28). The monoisotopic (exact) mass is 404 g/mol. The van der Waals surface area contributed by atoms with Crippen LogP contribution < -0.4 is 11.1 Å². The van der Waals surface area contributed by atoms with Crippen LogP contribution >= 0.6 is 11.3 Å². The number of pyridine rings is 1. The molecule has 1 amide bonds. The number of hydrogen-bond donors (Lipinski definition) is 2. The number of aromatic nitrogens is 1. The summed E-state index contributed by atoms with van der Waals surface area (Å²) in [6, 6.07) is 11.2. The molecule has 6 heteroatoms. The zero-order valence-corrected chi connectivity index (χ0v) is 17.7.